The van der Waals surface area contributed by atoms with Crippen LogP contribution in [0.1, 0.15) is 53.0 Å². The van der Waals surface area contributed by atoms with Gasteiger partial charge in [0.1, 0.15) is 21.3 Å². The van der Waals surface area contributed by atoms with E-state index in [0.717, 1.165) is 23.1 Å². The molecular formula is C27H26F3N3O4S. The van der Waals surface area contributed by atoms with Crippen molar-refractivity contribution < 1.29 is 31.1 Å². The average Bonchev–Trinajstić information content (AvgIpc) is 3.77. The van der Waals surface area contributed by atoms with Crippen LogP contribution < -0.4 is 9.64 Å². The fourth-order valence-electron chi connectivity index (χ4n) is 5.74. The average molecular weight is 546 g/mol. The van der Waals surface area contributed by atoms with E-state index in [-0.39, 0.29) is 23.6 Å². The molecule has 0 bridgehead atoms. The molecule has 1 spiro atoms. The molecule has 1 aliphatic heterocycles. The fourth-order valence-corrected chi connectivity index (χ4v) is 7.20. The molecule has 0 saturated heterocycles. The summed E-state index contributed by atoms with van der Waals surface area (Å²) in [5.41, 5.74) is -0.559. The molecule has 2 heterocycles. The molecule has 3 aliphatic rings. The van der Waals surface area contributed by atoms with Crippen LogP contribution in [0.5, 0.6) is 5.75 Å². The molecule has 6 rings (SSSR count). The van der Waals surface area contributed by atoms with Gasteiger partial charge < -0.3 is 9.64 Å². The minimum atomic E-state index is -4.71. The van der Waals surface area contributed by atoms with Gasteiger partial charge in [0.15, 0.2) is 5.69 Å². The molecule has 3 aromatic rings. The monoisotopic (exact) mass is 545 g/mol. The van der Waals surface area contributed by atoms with Crippen molar-refractivity contribution in [2.24, 2.45) is 0 Å². The quantitative estimate of drug-likeness (QED) is 0.450. The van der Waals surface area contributed by atoms with Gasteiger partial charge in [-0.05, 0) is 67.6 Å². The van der Waals surface area contributed by atoms with E-state index in [0.29, 0.717) is 30.0 Å². The molecule has 200 valence electrons. The van der Waals surface area contributed by atoms with Crippen molar-refractivity contribution >= 4 is 21.4 Å². The molecule has 11 heteroatoms. The van der Waals surface area contributed by atoms with Crippen molar-refractivity contribution in [3.05, 3.63) is 71.0 Å². The number of alkyl halides is 3. The predicted molar refractivity (Wildman–Crippen MR) is 135 cm³/mol. The number of halogens is 3. The summed E-state index contributed by atoms with van der Waals surface area (Å²) in [7, 11) is -1.68. The number of aromatic nitrogens is 2. The molecule has 2 aromatic carbocycles. The third-order valence-electron chi connectivity index (χ3n) is 7.95. The molecule has 0 radical (unpaired) electrons. The normalized spacial score (nSPS) is 19.4. The first-order valence-corrected chi connectivity index (χ1v) is 14.4. The third kappa shape index (κ3) is 4.07. The van der Waals surface area contributed by atoms with Crippen LogP contribution in [0.2, 0.25) is 0 Å². The van der Waals surface area contributed by atoms with E-state index in [1.165, 1.54) is 18.3 Å². The van der Waals surface area contributed by atoms with Crippen molar-refractivity contribution in [2.45, 2.75) is 42.7 Å². The second-order valence-corrected chi connectivity index (χ2v) is 12.9. The van der Waals surface area contributed by atoms with Crippen molar-refractivity contribution in [3.8, 4) is 11.4 Å². The molecule has 1 aromatic heterocycles. The number of nitrogens with zero attached hydrogens (tertiary/aromatic N) is 3. The number of hydrogen-bond acceptors (Lipinski definition) is 5. The van der Waals surface area contributed by atoms with Crippen molar-refractivity contribution in [3.63, 3.8) is 0 Å². The molecule has 2 fully saturated rings. The standard InChI is InChI=1S/C27H26F3N3O4S/c1-37-20-9-7-19(8-10-20)33-22-21(23(31-33)27(28,29)30)25(11-12-25)15-32(24(22)34)18-5-3-17(4-6-18)26(13-14-26)16-38(2,35)36/h3-10H,11-16H2,1-2H3. The van der Waals surface area contributed by atoms with Gasteiger partial charge in [-0.3, -0.25) is 4.79 Å². The summed E-state index contributed by atoms with van der Waals surface area (Å²) >= 11 is 0. The van der Waals surface area contributed by atoms with Crippen LogP contribution in [0.3, 0.4) is 0 Å². The summed E-state index contributed by atoms with van der Waals surface area (Å²) < 4.78 is 72.6. The van der Waals surface area contributed by atoms with E-state index in [1.807, 2.05) is 12.1 Å². The van der Waals surface area contributed by atoms with Crippen molar-refractivity contribution in [2.75, 3.05) is 30.6 Å². The highest BCUT2D eigenvalue weighted by molar-refractivity contribution is 7.90. The highest BCUT2D eigenvalue weighted by atomic mass is 32.2. The number of carbonyl (C=O) groups excluding carboxylic acids is 1. The van der Waals surface area contributed by atoms with Crippen molar-refractivity contribution in [1.82, 2.24) is 9.78 Å². The van der Waals surface area contributed by atoms with Gasteiger partial charge in [-0.1, -0.05) is 12.1 Å². The largest absolute Gasteiger partial charge is 0.497 e. The van der Waals surface area contributed by atoms with Gasteiger partial charge in [-0.25, -0.2) is 13.1 Å². The Morgan fingerprint density at radius 1 is 0.974 bits per heavy atom. The van der Waals surface area contributed by atoms with Gasteiger partial charge >= 0.3 is 6.18 Å². The number of sulfone groups is 1. The zero-order valence-electron chi connectivity index (χ0n) is 20.9. The van der Waals surface area contributed by atoms with Crippen LogP contribution in [-0.4, -0.2) is 49.8 Å². The van der Waals surface area contributed by atoms with Gasteiger partial charge in [0.25, 0.3) is 5.91 Å². The minimum absolute atomic E-state index is 0.0243. The molecule has 0 atom stereocenters. The maximum absolute atomic E-state index is 14.2. The highest BCUT2D eigenvalue weighted by Gasteiger charge is 2.58. The van der Waals surface area contributed by atoms with Crippen LogP contribution >= 0.6 is 0 Å². The second-order valence-electron chi connectivity index (χ2n) is 10.7. The minimum Gasteiger partial charge on any atom is -0.497 e. The zero-order valence-corrected chi connectivity index (χ0v) is 21.7. The Hall–Kier alpha value is -3.34. The van der Waals surface area contributed by atoms with Gasteiger partial charge in [0, 0.05) is 34.9 Å². The summed E-state index contributed by atoms with van der Waals surface area (Å²) in [4.78, 5) is 15.4. The molecule has 7 nitrogen and oxygen atoms in total. The Balaban J connectivity index is 1.42. The van der Waals surface area contributed by atoms with Gasteiger partial charge in [0.2, 0.25) is 0 Å². The van der Waals surface area contributed by atoms with E-state index >= 15 is 0 Å². The van der Waals surface area contributed by atoms with Crippen LogP contribution in [0.15, 0.2) is 48.5 Å². The Morgan fingerprint density at radius 3 is 2.08 bits per heavy atom. The van der Waals surface area contributed by atoms with E-state index in [4.69, 9.17) is 4.74 Å². The van der Waals surface area contributed by atoms with Crippen molar-refractivity contribution in [1.29, 1.82) is 0 Å². The lowest BCUT2D eigenvalue weighted by Gasteiger charge is -2.34. The summed E-state index contributed by atoms with van der Waals surface area (Å²) in [6, 6.07) is 13.5. The summed E-state index contributed by atoms with van der Waals surface area (Å²) in [5, 5.41) is 3.94. The topological polar surface area (TPSA) is 81.5 Å². The number of hydrogen-bond donors (Lipinski definition) is 0. The molecule has 2 aliphatic carbocycles. The SMILES string of the molecule is COc1ccc(-n2nc(C(F)(F)F)c3c2C(=O)N(c2ccc(C4(CS(C)(=O)=O)CC4)cc2)CC32CC2)cc1. The number of amides is 1. The first kappa shape index (κ1) is 25.0. The number of methoxy groups -OCH3 is 1. The Bertz CT molecular complexity index is 1540. The Kier molecular flexibility index (Phi) is 5.31. The van der Waals surface area contributed by atoms with Crippen LogP contribution in [0.4, 0.5) is 18.9 Å². The Morgan fingerprint density at radius 2 is 1.58 bits per heavy atom. The number of rotatable bonds is 6. The number of benzene rings is 2. The van der Waals surface area contributed by atoms with E-state index < -0.39 is 38.4 Å². The number of anilines is 1. The fraction of sp³-hybridized carbons (Fsp3) is 0.407. The predicted octanol–water partition coefficient (Wildman–Crippen LogP) is 4.67. The van der Waals surface area contributed by atoms with Crippen LogP contribution in [0, 0.1) is 0 Å². The number of fused-ring (bicyclic) bond motifs is 2. The Labute approximate surface area is 218 Å². The molecule has 2 saturated carbocycles. The number of carbonyl (C=O) groups is 1. The van der Waals surface area contributed by atoms with Gasteiger partial charge in [-0.15, -0.1) is 0 Å². The molecule has 1 amide bonds. The lowest BCUT2D eigenvalue weighted by atomic mass is 9.88. The first-order chi connectivity index (χ1) is 17.9. The number of ether oxygens (including phenoxy) is 1. The van der Waals surface area contributed by atoms with Gasteiger partial charge in [-0.2, -0.15) is 18.3 Å². The lowest BCUT2D eigenvalue weighted by Crippen LogP contribution is -2.44. The van der Waals surface area contributed by atoms with Crippen LogP contribution in [0.25, 0.3) is 5.69 Å². The molecular weight excluding hydrogens is 519 g/mol. The maximum Gasteiger partial charge on any atom is 0.435 e. The maximum atomic E-state index is 14.2. The zero-order chi connectivity index (χ0) is 27.1. The van der Waals surface area contributed by atoms with Crippen LogP contribution in [-0.2, 0) is 26.8 Å². The van der Waals surface area contributed by atoms with Gasteiger partial charge in [0.05, 0.1) is 18.6 Å². The summed E-state index contributed by atoms with van der Waals surface area (Å²) in [5.74, 6) is 0.0404. The highest BCUT2D eigenvalue weighted by Crippen LogP contribution is 2.56. The first-order valence-electron chi connectivity index (χ1n) is 12.3. The molecule has 0 N–H and O–H groups in total. The summed E-state index contributed by atoms with van der Waals surface area (Å²) in [6.45, 7) is 0.129. The van der Waals surface area contributed by atoms with E-state index in [9.17, 15) is 26.4 Å². The van der Waals surface area contributed by atoms with E-state index in [1.54, 1.807) is 36.4 Å². The molecule has 0 unspecified atom stereocenters. The molecule has 38 heavy (non-hydrogen) atoms. The smallest absolute Gasteiger partial charge is 0.435 e. The lowest BCUT2D eigenvalue weighted by molar-refractivity contribution is -0.142. The van der Waals surface area contributed by atoms with E-state index in [2.05, 4.69) is 5.10 Å². The second kappa shape index (κ2) is 8.08. The summed E-state index contributed by atoms with van der Waals surface area (Å²) in [6.07, 6.45) is -0.888. The third-order valence-corrected chi connectivity index (χ3v) is 9.02.